The van der Waals surface area contributed by atoms with Gasteiger partial charge in [-0.25, -0.2) is 13.4 Å². The topological polar surface area (TPSA) is 115 Å². The first-order valence-corrected chi connectivity index (χ1v) is 10.7. The Morgan fingerprint density at radius 2 is 2.00 bits per heavy atom. The molecule has 146 valence electrons. The van der Waals surface area contributed by atoms with Crippen LogP contribution >= 0.6 is 0 Å². The molecule has 0 aliphatic carbocycles. The fraction of sp³-hybridized carbons (Fsp3) is 0.588. The zero-order valence-corrected chi connectivity index (χ0v) is 15.9. The maximum atomic E-state index is 12.7. The van der Waals surface area contributed by atoms with E-state index in [1.165, 1.54) is 16.7 Å². The Balaban J connectivity index is 1.39. The Labute approximate surface area is 158 Å². The molecule has 2 fully saturated rings. The van der Waals surface area contributed by atoms with E-state index >= 15 is 0 Å². The van der Waals surface area contributed by atoms with Crippen molar-refractivity contribution in [2.75, 3.05) is 26.2 Å². The lowest BCUT2D eigenvalue weighted by atomic mass is 9.72. The molecular weight excluding hydrogens is 368 g/mol. The summed E-state index contributed by atoms with van der Waals surface area (Å²) in [6, 6.07) is 0. The predicted molar refractivity (Wildman–Crippen MR) is 97.1 cm³/mol. The third kappa shape index (κ3) is 3.63. The summed E-state index contributed by atoms with van der Waals surface area (Å²) in [7, 11) is -3.49. The highest BCUT2D eigenvalue weighted by molar-refractivity contribution is 7.89. The minimum atomic E-state index is -3.49. The molecule has 2 aliphatic heterocycles. The van der Waals surface area contributed by atoms with Crippen LogP contribution < -0.4 is 0 Å². The van der Waals surface area contributed by atoms with Gasteiger partial charge < -0.3 is 9.88 Å². The molecule has 2 aromatic heterocycles. The van der Waals surface area contributed by atoms with E-state index in [0.29, 0.717) is 32.6 Å². The van der Waals surface area contributed by atoms with Crippen LogP contribution in [0.25, 0.3) is 0 Å². The lowest BCUT2D eigenvalue weighted by Crippen LogP contribution is -2.52. The Hall–Kier alpha value is -2.20. The number of hydrogen-bond acceptors (Lipinski definition) is 5. The van der Waals surface area contributed by atoms with Gasteiger partial charge in [0.05, 0.1) is 12.5 Å². The van der Waals surface area contributed by atoms with Crippen LogP contribution in [0.4, 0.5) is 0 Å². The van der Waals surface area contributed by atoms with Crippen LogP contribution in [0.5, 0.6) is 0 Å². The fourth-order valence-electron chi connectivity index (χ4n) is 4.12. The third-order valence-corrected chi connectivity index (χ3v) is 7.71. The monoisotopic (exact) mass is 392 g/mol. The number of nitrogens with zero attached hydrogens (tertiary/aromatic N) is 4. The molecule has 0 atom stereocenters. The molecule has 4 rings (SSSR count). The summed E-state index contributed by atoms with van der Waals surface area (Å²) in [5, 5.41) is 6.31. The number of sulfonamides is 1. The average molecular weight is 392 g/mol. The molecule has 0 aromatic carbocycles. The highest BCUT2D eigenvalue weighted by Crippen LogP contribution is 2.41. The lowest BCUT2D eigenvalue weighted by molar-refractivity contribution is -0.138. The van der Waals surface area contributed by atoms with E-state index in [1.807, 2.05) is 4.90 Å². The SMILES string of the molecule is O=C1CCC2(CCN(S(=O)(=O)c3cn[nH]c3)CC2)CN1CCc1cnc[nH]1. The van der Waals surface area contributed by atoms with E-state index in [1.54, 1.807) is 12.5 Å². The first kappa shape index (κ1) is 18.2. The van der Waals surface area contributed by atoms with Crippen molar-refractivity contribution >= 4 is 15.9 Å². The molecule has 0 unspecified atom stereocenters. The average Bonchev–Trinajstić information content (AvgIpc) is 3.37. The molecule has 2 N–H and O–H groups in total. The number of likely N-dealkylation sites (tertiary alicyclic amines) is 1. The normalized spacial score (nSPS) is 21.0. The number of carbonyl (C=O) groups excluding carboxylic acids is 1. The zero-order chi connectivity index (χ0) is 18.9. The highest BCUT2D eigenvalue weighted by Gasteiger charge is 2.43. The van der Waals surface area contributed by atoms with Gasteiger partial charge in [0, 0.05) is 57.1 Å². The number of rotatable bonds is 5. The number of hydrogen-bond donors (Lipinski definition) is 2. The summed E-state index contributed by atoms with van der Waals surface area (Å²) in [6.07, 6.45) is 9.86. The number of aromatic amines is 2. The second kappa shape index (κ2) is 7.08. The Kier molecular flexibility index (Phi) is 4.77. The molecule has 10 heteroatoms. The van der Waals surface area contributed by atoms with E-state index in [9.17, 15) is 13.2 Å². The van der Waals surface area contributed by atoms with Crippen LogP contribution in [0.3, 0.4) is 0 Å². The first-order valence-electron chi connectivity index (χ1n) is 9.23. The molecular formula is C17H24N6O3S. The lowest BCUT2D eigenvalue weighted by Gasteiger charge is -2.47. The largest absolute Gasteiger partial charge is 0.348 e. The van der Waals surface area contributed by atoms with Gasteiger partial charge in [-0.1, -0.05) is 0 Å². The fourth-order valence-corrected chi connectivity index (χ4v) is 5.47. The number of aromatic nitrogens is 4. The molecule has 2 saturated heterocycles. The molecule has 4 heterocycles. The van der Waals surface area contributed by atoms with Crippen molar-refractivity contribution in [3.8, 4) is 0 Å². The van der Waals surface area contributed by atoms with Gasteiger partial charge in [-0.3, -0.25) is 9.89 Å². The maximum absolute atomic E-state index is 12.7. The van der Waals surface area contributed by atoms with E-state index in [4.69, 9.17) is 0 Å². The van der Waals surface area contributed by atoms with Gasteiger partial charge in [0.15, 0.2) is 0 Å². The number of nitrogens with one attached hydrogen (secondary N) is 2. The summed E-state index contributed by atoms with van der Waals surface area (Å²) in [6.45, 7) is 2.34. The number of piperidine rings is 2. The molecule has 9 nitrogen and oxygen atoms in total. The van der Waals surface area contributed by atoms with Crippen molar-refractivity contribution < 1.29 is 13.2 Å². The van der Waals surface area contributed by atoms with Crippen LogP contribution in [0, 0.1) is 5.41 Å². The second-order valence-electron chi connectivity index (χ2n) is 7.48. The van der Waals surface area contributed by atoms with Gasteiger partial charge in [0.25, 0.3) is 0 Å². The quantitative estimate of drug-likeness (QED) is 0.780. The predicted octanol–water partition coefficient (Wildman–Crippen LogP) is 0.769. The Morgan fingerprint density at radius 3 is 2.67 bits per heavy atom. The summed E-state index contributed by atoms with van der Waals surface area (Å²) in [5.41, 5.74) is 1.04. The Morgan fingerprint density at radius 1 is 1.19 bits per heavy atom. The Bertz CT molecular complexity index is 870. The van der Waals surface area contributed by atoms with Gasteiger partial charge in [-0.2, -0.15) is 9.40 Å². The van der Waals surface area contributed by atoms with Crippen molar-refractivity contribution in [2.45, 2.75) is 37.0 Å². The third-order valence-electron chi connectivity index (χ3n) is 5.85. The van der Waals surface area contributed by atoms with Crippen molar-refractivity contribution in [1.29, 1.82) is 0 Å². The van der Waals surface area contributed by atoms with E-state index < -0.39 is 10.0 Å². The van der Waals surface area contributed by atoms with Crippen molar-refractivity contribution in [3.05, 3.63) is 30.6 Å². The molecule has 0 radical (unpaired) electrons. The zero-order valence-electron chi connectivity index (χ0n) is 15.1. The minimum Gasteiger partial charge on any atom is -0.348 e. The molecule has 0 bridgehead atoms. The summed E-state index contributed by atoms with van der Waals surface area (Å²) in [5.74, 6) is 0.189. The van der Waals surface area contributed by atoms with Crippen LogP contribution in [-0.2, 0) is 21.2 Å². The molecule has 27 heavy (non-hydrogen) atoms. The molecule has 1 spiro atoms. The number of H-pyrrole nitrogens is 2. The summed E-state index contributed by atoms with van der Waals surface area (Å²) in [4.78, 5) is 21.6. The maximum Gasteiger partial charge on any atom is 0.246 e. The summed E-state index contributed by atoms with van der Waals surface area (Å²) >= 11 is 0. The first-order chi connectivity index (χ1) is 13.0. The van der Waals surface area contributed by atoms with Gasteiger partial charge in [-0.05, 0) is 24.7 Å². The standard InChI is InChI=1S/C17H24N6O3S/c24-16-1-3-17(12-22(16)6-2-14-9-18-13-19-14)4-7-23(8-5-17)27(25,26)15-10-20-21-11-15/h9-11,13H,1-8,12H2,(H,18,19)(H,20,21). The van der Waals surface area contributed by atoms with Gasteiger partial charge >= 0.3 is 0 Å². The van der Waals surface area contributed by atoms with E-state index in [-0.39, 0.29) is 16.2 Å². The van der Waals surface area contributed by atoms with Crippen LogP contribution in [0.2, 0.25) is 0 Å². The molecule has 0 saturated carbocycles. The van der Waals surface area contributed by atoms with Crippen LogP contribution in [-0.4, -0.2) is 69.9 Å². The van der Waals surface area contributed by atoms with Crippen molar-refractivity contribution in [1.82, 2.24) is 29.4 Å². The van der Waals surface area contributed by atoms with E-state index in [2.05, 4.69) is 20.2 Å². The number of carbonyl (C=O) groups is 1. The van der Waals surface area contributed by atoms with Crippen molar-refractivity contribution in [3.63, 3.8) is 0 Å². The number of imidazole rings is 1. The highest BCUT2D eigenvalue weighted by atomic mass is 32.2. The van der Waals surface area contributed by atoms with E-state index in [0.717, 1.165) is 31.4 Å². The smallest absolute Gasteiger partial charge is 0.246 e. The molecule has 2 aromatic rings. The van der Waals surface area contributed by atoms with Gasteiger partial charge in [0.2, 0.25) is 15.9 Å². The minimum absolute atomic E-state index is 0.0182. The van der Waals surface area contributed by atoms with Gasteiger partial charge in [-0.15, -0.1) is 0 Å². The van der Waals surface area contributed by atoms with Crippen LogP contribution in [0.15, 0.2) is 29.8 Å². The number of amides is 1. The molecule has 1 amide bonds. The van der Waals surface area contributed by atoms with Crippen molar-refractivity contribution in [2.24, 2.45) is 5.41 Å². The van der Waals surface area contributed by atoms with Crippen LogP contribution in [0.1, 0.15) is 31.4 Å². The van der Waals surface area contributed by atoms with Gasteiger partial charge in [0.1, 0.15) is 4.90 Å². The molecule has 2 aliphatic rings. The second-order valence-corrected chi connectivity index (χ2v) is 9.42. The summed E-state index contributed by atoms with van der Waals surface area (Å²) < 4.78 is 26.9.